The van der Waals surface area contributed by atoms with Gasteiger partial charge in [-0.05, 0) is 61.6 Å². The number of nitrogens with one attached hydrogen (secondary N) is 2. The fourth-order valence-corrected chi connectivity index (χ4v) is 3.51. The highest BCUT2D eigenvalue weighted by molar-refractivity contribution is 5.94. The normalized spacial score (nSPS) is 14.2. The Bertz CT molecular complexity index is 836. The first-order chi connectivity index (χ1) is 14.6. The van der Waals surface area contributed by atoms with Gasteiger partial charge in [0.1, 0.15) is 5.82 Å². The van der Waals surface area contributed by atoms with Crippen LogP contribution < -0.4 is 15.4 Å². The van der Waals surface area contributed by atoms with Crippen molar-refractivity contribution in [2.75, 3.05) is 18.5 Å². The fraction of sp³-hybridized carbons (Fsp3) is 0.435. The maximum absolute atomic E-state index is 12.9. The Kier molecular flexibility index (Phi) is 8.18. The van der Waals surface area contributed by atoms with Crippen LogP contribution >= 0.6 is 0 Å². The van der Waals surface area contributed by atoms with Crippen LogP contribution in [-0.4, -0.2) is 29.9 Å². The summed E-state index contributed by atoms with van der Waals surface area (Å²) >= 11 is 0. The van der Waals surface area contributed by atoms with Crippen LogP contribution in [0.3, 0.4) is 0 Å². The Morgan fingerprint density at radius 2 is 1.87 bits per heavy atom. The first kappa shape index (κ1) is 21.7. The van der Waals surface area contributed by atoms with Gasteiger partial charge in [-0.2, -0.15) is 0 Å². The number of aromatic nitrogens is 1. The standard InChI is InChI=1S/C23H28FN3O3/c24-19-12-10-18(11-13-19)23(29)26-15-5-9-21(28)27-22-20(8-4-14-25-22)30-16-17-6-2-1-3-7-17/h4,8,10-14,17H,1-3,5-7,9,15-16H2,(H,26,29)(H,25,27,28). The Morgan fingerprint density at radius 3 is 2.63 bits per heavy atom. The molecule has 1 fully saturated rings. The maximum Gasteiger partial charge on any atom is 0.251 e. The van der Waals surface area contributed by atoms with Gasteiger partial charge in [-0.1, -0.05) is 19.3 Å². The first-order valence-corrected chi connectivity index (χ1v) is 10.5. The van der Waals surface area contributed by atoms with Gasteiger partial charge < -0.3 is 15.4 Å². The molecule has 0 aliphatic heterocycles. The Hall–Kier alpha value is -2.96. The molecule has 1 aromatic heterocycles. The highest BCUT2D eigenvalue weighted by atomic mass is 19.1. The van der Waals surface area contributed by atoms with Crippen molar-refractivity contribution in [3.8, 4) is 5.75 Å². The first-order valence-electron chi connectivity index (χ1n) is 10.5. The summed E-state index contributed by atoms with van der Waals surface area (Å²) in [5.41, 5.74) is 0.383. The van der Waals surface area contributed by atoms with E-state index in [2.05, 4.69) is 15.6 Å². The minimum Gasteiger partial charge on any atom is -0.489 e. The number of pyridine rings is 1. The van der Waals surface area contributed by atoms with Crippen molar-refractivity contribution in [2.24, 2.45) is 5.92 Å². The van der Waals surface area contributed by atoms with E-state index in [1.54, 1.807) is 12.3 Å². The van der Waals surface area contributed by atoms with Gasteiger partial charge in [-0.15, -0.1) is 0 Å². The van der Waals surface area contributed by atoms with Gasteiger partial charge in [0.05, 0.1) is 6.61 Å². The smallest absolute Gasteiger partial charge is 0.251 e. The third kappa shape index (κ3) is 6.83. The molecule has 0 atom stereocenters. The summed E-state index contributed by atoms with van der Waals surface area (Å²) in [6.07, 6.45) is 8.51. The van der Waals surface area contributed by atoms with Crippen LogP contribution in [0.2, 0.25) is 0 Å². The highest BCUT2D eigenvalue weighted by Crippen LogP contribution is 2.27. The van der Waals surface area contributed by atoms with E-state index in [0.29, 0.717) is 42.6 Å². The van der Waals surface area contributed by atoms with Crippen molar-refractivity contribution in [3.63, 3.8) is 0 Å². The van der Waals surface area contributed by atoms with Crippen LogP contribution in [0.4, 0.5) is 10.2 Å². The Labute approximate surface area is 176 Å². The van der Waals surface area contributed by atoms with Crippen molar-refractivity contribution in [1.29, 1.82) is 0 Å². The quantitative estimate of drug-likeness (QED) is 0.600. The molecule has 2 aromatic rings. The molecule has 7 heteroatoms. The lowest BCUT2D eigenvalue weighted by atomic mass is 9.90. The molecule has 1 aliphatic carbocycles. The van der Waals surface area contributed by atoms with Crippen molar-refractivity contribution >= 4 is 17.6 Å². The monoisotopic (exact) mass is 413 g/mol. The van der Waals surface area contributed by atoms with Crippen molar-refractivity contribution in [2.45, 2.75) is 44.9 Å². The average molecular weight is 413 g/mol. The Balaban J connectivity index is 1.40. The molecule has 2 N–H and O–H groups in total. The topological polar surface area (TPSA) is 80.3 Å². The number of amides is 2. The van der Waals surface area contributed by atoms with E-state index in [1.165, 1.54) is 56.4 Å². The van der Waals surface area contributed by atoms with E-state index >= 15 is 0 Å². The third-order valence-electron chi connectivity index (χ3n) is 5.20. The molecule has 30 heavy (non-hydrogen) atoms. The van der Waals surface area contributed by atoms with Gasteiger partial charge >= 0.3 is 0 Å². The van der Waals surface area contributed by atoms with E-state index < -0.39 is 0 Å². The van der Waals surface area contributed by atoms with Crippen molar-refractivity contribution in [3.05, 3.63) is 54.0 Å². The van der Waals surface area contributed by atoms with Crippen LogP contribution in [0, 0.1) is 11.7 Å². The minimum absolute atomic E-state index is 0.188. The van der Waals surface area contributed by atoms with Crippen LogP contribution in [-0.2, 0) is 4.79 Å². The minimum atomic E-state index is -0.389. The van der Waals surface area contributed by atoms with Crippen LogP contribution in [0.5, 0.6) is 5.75 Å². The molecule has 1 aromatic carbocycles. The highest BCUT2D eigenvalue weighted by Gasteiger charge is 2.16. The summed E-state index contributed by atoms with van der Waals surface area (Å²) in [6, 6.07) is 8.93. The summed E-state index contributed by atoms with van der Waals surface area (Å²) in [6.45, 7) is 0.987. The molecule has 0 bridgehead atoms. The number of nitrogens with zero attached hydrogens (tertiary/aromatic N) is 1. The molecular formula is C23H28FN3O3. The lowest BCUT2D eigenvalue weighted by Crippen LogP contribution is -2.25. The number of hydrogen-bond donors (Lipinski definition) is 2. The van der Waals surface area contributed by atoms with Gasteiger partial charge in [-0.25, -0.2) is 9.37 Å². The van der Waals surface area contributed by atoms with Gasteiger partial charge in [0.15, 0.2) is 11.6 Å². The third-order valence-corrected chi connectivity index (χ3v) is 5.20. The molecule has 1 aliphatic rings. The summed E-state index contributed by atoms with van der Waals surface area (Å²) in [5.74, 6) is 0.701. The molecular weight excluding hydrogens is 385 g/mol. The van der Waals surface area contributed by atoms with Crippen molar-refractivity contribution < 1.29 is 18.7 Å². The molecule has 1 saturated carbocycles. The summed E-state index contributed by atoms with van der Waals surface area (Å²) in [5, 5.41) is 5.52. The second-order valence-electron chi connectivity index (χ2n) is 7.58. The number of anilines is 1. The van der Waals surface area contributed by atoms with E-state index in [-0.39, 0.29) is 24.1 Å². The molecule has 2 amide bonds. The van der Waals surface area contributed by atoms with Gasteiger partial charge in [-0.3, -0.25) is 9.59 Å². The molecule has 0 radical (unpaired) electrons. The summed E-state index contributed by atoms with van der Waals surface area (Å²) in [7, 11) is 0. The fourth-order valence-electron chi connectivity index (χ4n) is 3.51. The van der Waals surface area contributed by atoms with Crippen LogP contribution in [0.1, 0.15) is 55.3 Å². The predicted molar refractivity (Wildman–Crippen MR) is 113 cm³/mol. The van der Waals surface area contributed by atoms with Crippen molar-refractivity contribution in [1.82, 2.24) is 10.3 Å². The SMILES string of the molecule is O=C(CCCNC(=O)c1ccc(F)cc1)Nc1ncccc1OCC1CCCCC1. The predicted octanol–water partition coefficient (Wildman–Crippen LogP) is 4.33. The molecule has 0 saturated heterocycles. The number of carbonyl (C=O) groups is 2. The number of hydrogen-bond acceptors (Lipinski definition) is 4. The molecule has 6 nitrogen and oxygen atoms in total. The molecule has 0 unspecified atom stereocenters. The molecule has 0 spiro atoms. The number of carbonyl (C=O) groups excluding carboxylic acids is 2. The van der Waals surface area contributed by atoms with E-state index in [1.807, 2.05) is 6.07 Å². The zero-order valence-corrected chi connectivity index (χ0v) is 17.0. The molecule has 1 heterocycles. The van der Waals surface area contributed by atoms with E-state index in [4.69, 9.17) is 4.74 Å². The van der Waals surface area contributed by atoms with Gasteiger partial charge in [0.2, 0.25) is 5.91 Å². The van der Waals surface area contributed by atoms with E-state index in [0.717, 1.165) is 0 Å². The zero-order valence-electron chi connectivity index (χ0n) is 17.0. The number of ether oxygens (including phenoxy) is 1. The van der Waals surface area contributed by atoms with Crippen LogP contribution in [0.15, 0.2) is 42.6 Å². The number of rotatable bonds is 9. The maximum atomic E-state index is 12.9. The second kappa shape index (κ2) is 11.3. The van der Waals surface area contributed by atoms with E-state index in [9.17, 15) is 14.0 Å². The second-order valence-corrected chi connectivity index (χ2v) is 7.58. The number of benzene rings is 1. The lowest BCUT2D eigenvalue weighted by Gasteiger charge is -2.22. The molecule has 160 valence electrons. The summed E-state index contributed by atoms with van der Waals surface area (Å²) in [4.78, 5) is 28.5. The largest absolute Gasteiger partial charge is 0.489 e. The Morgan fingerprint density at radius 1 is 1.10 bits per heavy atom. The van der Waals surface area contributed by atoms with Gasteiger partial charge in [0, 0.05) is 24.7 Å². The molecule has 3 rings (SSSR count). The summed E-state index contributed by atoms with van der Waals surface area (Å²) < 4.78 is 18.8. The van der Waals surface area contributed by atoms with Gasteiger partial charge in [0.25, 0.3) is 5.91 Å². The average Bonchev–Trinajstić information content (AvgIpc) is 2.77. The number of halogens is 1. The lowest BCUT2D eigenvalue weighted by molar-refractivity contribution is -0.116. The zero-order chi connectivity index (χ0) is 21.2. The van der Waals surface area contributed by atoms with Crippen LogP contribution in [0.25, 0.3) is 0 Å².